The van der Waals surface area contributed by atoms with E-state index in [0.29, 0.717) is 38.5 Å². The van der Waals surface area contributed by atoms with Crippen LogP contribution < -0.4 is 14.2 Å². The second kappa shape index (κ2) is 12.1. The van der Waals surface area contributed by atoms with Gasteiger partial charge in [0.05, 0.1) is 32.4 Å². The van der Waals surface area contributed by atoms with Gasteiger partial charge in [-0.15, -0.1) is 0 Å². The van der Waals surface area contributed by atoms with Crippen molar-refractivity contribution in [2.45, 2.75) is 51.7 Å². The predicted molar refractivity (Wildman–Crippen MR) is 157 cm³/mol. The van der Waals surface area contributed by atoms with Crippen molar-refractivity contribution < 1.29 is 32.2 Å². The predicted octanol–water partition coefficient (Wildman–Crippen LogP) is 5.39. The van der Waals surface area contributed by atoms with E-state index in [1.807, 2.05) is 42.5 Å². The van der Waals surface area contributed by atoms with E-state index < -0.39 is 10.0 Å². The number of fused-ring (bicyclic) bond motifs is 1. The maximum Gasteiger partial charge on any atom is 0.306 e. The second-order valence-electron chi connectivity index (χ2n) is 10.9. The maximum absolute atomic E-state index is 12.1. The fourth-order valence-corrected chi connectivity index (χ4v) is 7.02. The van der Waals surface area contributed by atoms with Crippen molar-refractivity contribution >= 4 is 16.0 Å². The quantitative estimate of drug-likeness (QED) is 0.298. The number of benzene rings is 3. The van der Waals surface area contributed by atoms with Crippen LogP contribution in [0.2, 0.25) is 0 Å². The van der Waals surface area contributed by atoms with Crippen molar-refractivity contribution in [2.24, 2.45) is 0 Å². The fourth-order valence-electron chi connectivity index (χ4n) is 5.85. The molecular weight excluding hydrogens is 542 g/mol. The summed E-state index contributed by atoms with van der Waals surface area (Å²) in [7, 11) is -1.84. The lowest BCUT2D eigenvalue weighted by Gasteiger charge is -2.23. The summed E-state index contributed by atoms with van der Waals surface area (Å²) in [5.74, 6) is 1.95. The molecule has 1 unspecified atom stereocenters. The highest BCUT2D eigenvalue weighted by Crippen LogP contribution is 2.39. The Labute approximate surface area is 242 Å². The fraction of sp³-hybridized carbons (Fsp3) is 0.406. The maximum atomic E-state index is 12.1. The van der Waals surface area contributed by atoms with E-state index in [-0.39, 0.29) is 17.9 Å². The third-order valence-electron chi connectivity index (χ3n) is 7.82. The average molecular weight is 580 g/mol. The van der Waals surface area contributed by atoms with E-state index in [4.69, 9.17) is 18.9 Å². The molecule has 0 aromatic heterocycles. The van der Waals surface area contributed by atoms with Gasteiger partial charge in [-0.3, -0.25) is 4.79 Å². The first-order valence-electron chi connectivity index (χ1n) is 13.9. The first kappa shape index (κ1) is 29.0. The minimum absolute atomic E-state index is 0.00339. The lowest BCUT2D eigenvalue weighted by molar-refractivity contribution is -0.141. The lowest BCUT2D eigenvalue weighted by Crippen LogP contribution is -2.38. The Bertz CT molecular complexity index is 1510. The molecule has 3 aromatic rings. The zero-order valence-corrected chi connectivity index (χ0v) is 24.8. The van der Waals surface area contributed by atoms with Gasteiger partial charge in [-0.2, -0.15) is 4.31 Å². The summed E-state index contributed by atoms with van der Waals surface area (Å²) in [5.41, 5.74) is 6.44. The Morgan fingerprint density at radius 3 is 2.54 bits per heavy atom. The SMILES string of the molecule is COC(=O)CC1COc2cc(OCc3cccc(-c4c(C)cc(OC[C@H]5CCCN5S(C)(=O)=O)cc4C)c3)ccc21. The Morgan fingerprint density at radius 2 is 1.80 bits per heavy atom. The normalized spacial score (nSPS) is 18.5. The number of esters is 1. The lowest BCUT2D eigenvalue weighted by atomic mass is 9.94. The van der Waals surface area contributed by atoms with Crippen LogP contribution in [0.3, 0.4) is 0 Å². The van der Waals surface area contributed by atoms with E-state index in [1.165, 1.54) is 13.4 Å². The highest BCUT2D eigenvalue weighted by Gasteiger charge is 2.32. The molecule has 2 atom stereocenters. The van der Waals surface area contributed by atoms with Crippen LogP contribution in [-0.4, -0.2) is 57.9 Å². The zero-order valence-electron chi connectivity index (χ0n) is 24.0. The topological polar surface area (TPSA) is 91.4 Å². The van der Waals surface area contributed by atoms with Gasteiger partial charge in [0.1, 0.15) is 30.5 Å². The van der Waals surface area contributed by atoms with Crippen LogP contribution in [0.1, 0.15) is 47.4 Å². The number of ether oxygens (including phenoxy) is 4. The molecule has 0 amide bonds. The number of nitrogens with zero attached hydrogens (tertiary/aromatic N) is 1. The third kappa shape index (κ3) is 6.68. The molecule has 2 aliphatic rings. The minimum atomic E-state index is -3.23. The Balaban J connectivity index is 1.24. The number of hydrogen-bond acceptors (Lipinski definition) is 7. The molecular formula is C32H37NO7S. The molecule has 0 N–H and O–H groups in total. The smallest absolute Gasteiger partial charge is 0.306 e. The van der Waals surface area contributed by atoms with E-state index in [9.17, 15) is 13.2 Å². The first-order valence-corrected chi connectivity index (χ1v) is 15.7. The Morgan fingerprint density at radius 1 is 1.02 bits per heavy atom. The first-order chi connectivity index (χ1) is 19.6. The second-order valence-corrected chi connectivity index (χ2v) is 12.8. The van der Waals surface area contributed by atoms with Crippen molar-refractivity contribution in [1.82, 2.24) is 4.31 Å². The minimum Gasteiger partial charge on any atom is -0.492 e. The molecule has 8 nitrogen and oxygen atoms in total. The van der Waals surface area contributed by atoms with Crippen molar-refractivity contribution in [1.29, 1.82) is 0 Å². The Kier molecular flexibility index (Phi) is 8.56. The summed E-state index contributed by atoms with van der Waals surface area (Å²) in [6.45, 7) is 5.89. The number of hydrogen-bond donors (Lipinski definition) is 0. The van der Waals surface area contributed by atoms with Crippen LogP contribution in [0, 0.1) is 13.8 Å². The number of rotatable bonds is 10. The third-order valence-corrected chi connectivity index (χ3v) is 9.16. The van der Waals surface area contributed by atoms with E-state index in [0.717, 1.165) is 57.7 Å². The van der Waals surface area contributed by atoms with Gasteiger partial charge in [-0.25, -0.2) is 8.42 Å². The largest absolute Gasteiger partial charge is 0.492 e. The summed E-state index contributed by atoms with van der Waals surface area (Å²) in [5, 5.41) is 0. The number of carbonyl (C=O) groups is 1. The van der Waals surface area contributed by atoms with Gasteiger partial charge >= 0.3 is 5.97 Å². The van der Waals surface area contributed by atoms with Crippen LogP contribution in [0.4, 0.5) is 0 Å². The summed E-state index contributed by atoms with van der Waals surface area (Å²) in [6, 6.07) is 18.0. The van der Waals surface area contributed by atoms with Gasteiger partial charge in [0, 0.05) is 24.1 Å². The molecule has 5 rings (SSSR count). The molecule has 0 aliphatic carbocycles. The summed E-state index contributed by atoms with van der Waals surface area (Å²) in [6.07, 6.45) is 3.23. The number of sulfonamides is 1. The van der Waals surface area contributed by atoms with Gasteiger partial charge in [0.15, 0.2) is 0 Å². The zero-order chi connectivity index (χ0) is 29.1. The standard InChI is InChI=1S/C32H37NO7S/c1-21-13-28(39-20-26-9-6-12-33(26)41(4,35)36)14-22(2)32(21)24-8-5-7-23(15-24)18-38-27-10-11-29-25(16-31(34)37-3)19-40-30(29)17-27/h5,7-8,10-11,13-15,17,25-26H,6,9,12,16,18-20H2,1-4H3/t25?,26-/m1/s1. The van der Waals surface area contributed by atoms with Gasteiger partial charge in [0.25, 0.3) is 0 Å². The van der Waals surface area contributed by atoms with Crippen molar-refractivity contribution in [3.63, 3.8) is 0 Å². The van der Waals surface area contributed by atoms with E-state index in [2.05, 4.69) is 26.0 Å². The summed E-state index contributed by atoms with van der Waals surface area (Å²) in [4.78, 5) is 11.7. The highest BCUT2D eigenvalue weighted by atomic mass is 32.2. The molecule has 218 valence electrons. The van der Waals surface area contributed by atoms with Gasteiger partial charge < -0.3 is 18.9 Å². The summed E-state index contributed by atoms with van der Waals surface area (Å²) < 4.78 is 48.4. The van der Waals surface area contributed by atoms with E-state index in [1.54, 1.807) is 4.31 Å². The van der Waals surface area contributed by atoms with Crippen molar-refractivity contribution in [3.05, 3.63) is 76.9 Å². The molecule has 0 spiro atoms. The molecule has 3 aromatic carbocycles. The van der Waals surface area contributed by atoms with E-state index >= 15 is 0 Å². The number of methoxy groups -OCH3 is 1. The highest BCUT2D eigenvalue weighted by molar-refractivity contribution is 7.88. The van der Waals surface area contributed by atoms with Crippen LogP contribution in [0.15, 0.2) is 54.6 Å². The van der Waals surface area contributed by atoms with Gasteiger partial charge in [0.2, 0.25) is 10.0 Å². The monoisotopic (exact) mass is 579 g/mol. The van der Waals surface area contributed by atoms with Crippen molar-refractivity contribution in [3.8, 4) is 28.4 Å². The van der Waals surface area contributed by atoms with Crippen LogP contribution >= 0.6 is 0 Å². The van der Waals surface area contributed by atoms with Crippen molar-refractivity contribution in [2.75, 3.05) is 33.1 Å². The van der Waals surface area contributed by atoms with Crippen LogP contribution in [0.5, 0.6) is 17.2 Å². The molecule has 1 fully saturated rings. The molecule has 2 aliphatic heterocycles. The average Bonchev–Trinajstić information content (AvgIpc) is 3.58. The van der Waals surface area contributed by atoms with Gasteiger partial charge in [-0.05, 0) is 78.8 Å². The summed E-state index contributed by atoms with van der Waals surface area (Å²) >= 11 is 0. The Hall–Kier alpha value is -3.56. The molecule has 0 bridgehead atoms. The molecule has 0 saturated carbocycles. The van der Waals surface area contributed by atoms with Gasteiger partial charge in [-0.1, -0.05) is 24.3 Å². The van der Waals surface area contributed by atoms with Crippen LogP contribution in [-0.2, 0) is 26.2 Å². The molecule has 0 radical (unpaired) electrons. The molecule has 41 heavy (non-hydrogen) atoms. The molecule has 9 heteroatoms. The molecule has 2 heterocycles. The number of carbonyl (C=O) groups excluding carboxylic acids is 1. The molecule has 1 saturated heterocycles. The number of aryl methyl sites for hydroxylation is 2. The van der Waals surface area contributed by atoms with Crippen LogP contribution in [0.25, 0.3) is 11.1 Å².